The van der Waals surface area contributed by atoms with Gasteiger partial charge in [-0.1, -0.05) is 13.8 Å². The number of nitrogens with one attached hydrogen (secondary N) is 1. The Morgan fingerprint density at radius 3 is 2.94 bits per heavy atom. The maximum atomic E-state index is 11.5. The Balaban J connectivity index is 2.54. The number of rotatable bonds is 3. The minimum Gasteiger partial charge on any atom is -0.327 e. The summed E-state index contributed by atoms with van der Waals surface area (Å²) >= 11 is 0. The number of hydrogen-bond donors (Lipinski definition) is 2. The van der Waals surface area contributed by atoms with Crippen molar-refractivity contribution in [2.24, 2.45) is 5.73 Å². The first-order chi connectivity index (χ1) is 8.04. The first kappa shape index (κ1) is 11.8. The quantitative estimate of drug-likeness (QED) is 0.813. The van der Waals surface area contributed by atoms with Crippen molar-refractivity contribution in [1.82, 2.24) is 19.6 Å². The second-order valence-corrected chi connectivity index (χ2v) is 4.31. The first-order valence-corrected chi connectivity index (χ1v) is 5.74. The fraction of sp³-hybridized carbons (Fsp3) is 0.545. The van der Waals surface area contributed by atoms with Gasteiger partial charge in [0.25, 0.3) is 0 Å². The standard InChI is InChI=1S/C11H17N5O/c1-4-8(12)6(2)9-5-10-14-15-11(17)16(10)7(3)13-9/h5-6,8H,4,12H2,1-3H3,(H,15,17). The summed E-state index contributed by atoms with van der Waals surface area (Å²) in [5.41, 5.74) is 7.22. The number of H-pyrrole nitrogens is 1. The van der Waals surface area contributed by atoms with E-state index in [0.29, 0.717) is 11.5 Å². The molecule has 0 aliphatic carbocycles. The zero-order chi connectivity index (χ0) is 12.6. The van der Waals surface area contributed by atoms with Crippen molar-refractivity contribution in [2.75, 3.05) is 0 Å². The van der Waals surface area contributed by atoms with Crippen molar-refractivity contribution in [3.63, 3.8) is 0 Å². The van der Waals surface area contributed by atoms with Crippen LogP contribution in [-0.2, 0) is 0 Å². The highest BCUT2D eigenvalue weighted by Crippen LogP contribution is 2.18. The highest BCUT2D eigenvalue weighted by atomic mass is 16.1. The van der Waals surface area contributed by atoms with Crippen LogP contribution in [0.2, 0.25) is 0 Å². The highest BCUT2D eigenvalue weighted by molar-refractivity contribution is 5.39. The number of hydrogen-bond acceptors (Lipinski definition) is 4. The fourth-order valence-corrected chi connectivity index (χ4v) is 1.93. The Hall–Kier alpha value is -1.69. The van der Waals surface area contributed by atoms with Gasteiger partial charge in [0, 0.05) is 18.0 Å². The number of aryl methyl sites for hydroxylation is 1. The van der Waals surface area contributed by atoms with Crippen LogP contribution in [0.3, 0.4) is 0 Å². The van der Waals surface area contributed by atoms with Gasteiger partial charge in [0.2, 0.25) is 0 Å². The van der Waals surface area contributed by atoms with Gasteiger partial charge in [0.05, 0.1) is 5.69 Å². The van der Waals surface area contributed by atoms with Crippen LogP contribution in [0.25, 0.3) is 5.65 Å². The van der Waals surface area contributed by atoms with Gasteiger partial charge in [-0.05, 0) is 13.3 Å². The molecule has 17 heavy (non-hydrogen) atoms. The van der Waals surface area contributed by atoms with Gasteiger partial charge >= 0.3 is 5.69 Å². The largest absolute Gasteiger partial charge is 0.349 e. The second-order valence-electron chi connectivity index (χ2n) is 4.31. The van der Waals surface area contributed by atoms with Gasteiger partial charge in [0.15, 0.2) is 5.65 Å². The topological polar surface area (TPSA) is 89.1 Å². The normalized spacial score (nSPS) is 15.1. The van der Waals surface area contributed by atoms with Crippen LogP contribution >= 0.6 is 0 Å². The fourth-order valence-electron chi connectivity index (χ4n) is 1.93. The van der Waals surface area contributed by atoms with E-state index in [4.69, 9.17) is 5.73 Å². The van der Waals surface area contributed by atoms with Crippen LogP contribution in [0.5, 0.6) is 0 Å². The van der Waals surface area contributed by atoms with Gasteiger partial charge in [-0.25, -0.2) is 19.3 Å². The van der Waals surface area contributed by atoms with Crippen molar-refractivity contribution in [3.8, 4) is 0 Å². The number of aromatic amines is 1. The Bertz CT molecular complexity index is 585. The Morgan fingerprint density at radius 1 is 1.59 bits per heavy atom. The number of fused-ring (bicyclic) bond motifs is 1. The molecule has 0 aliphatic heterocycles. The number of aromatic nitrogens is 4. The minimum absolute atomic E-state index is 0.0648. The Labute approximate surface area is 98.9 Å². The molecule has 0 aliphatic rings. The maximum absolute atomic E-state index is 11.5. The lowest BCUT2D eigenvalue weighted by Crippen LogP contribution is -2.27. The van der Waals surface area contributed by atoms with E-state index in [-0.39, 0.29) is 17.6 Å². The summed E-state index contributed by atoms with van der Waals surface area (Å²) in [6, 6.07) is 1.88. The van der Waals surface area contributed by atoms with Crippen LogP contribution in [0.4, 0.5) is 0 Å². The van der Waals surface area contributed by atoms with E-state index in [0.717, 1.165) is 12.1 Å². The molecule has 0 radical (unpaired) electrons. The van der Waals surface area contributed by atoms with E-state index in [1.54, 1.807) is 6.92 Å². The third-order valence-corrected chi connectivity index (χ3v) is 3.17. The molecule has 2 unspecified atom stereocenters. The van der Waals surface area contributed by atoms with Gasteiger partial charge in [-0.3, -0.25) is 0 Å². The molecule has 6 nitrogen and oxygen atoms in total. The molecule has 0 amide bonds. The van der Waals surface area contributed by atoms with Crippen LogP contribution in [0.1, 0.15) is 37.7 Å². The predicted molar refractivity (Wildman–Crippen MR) is 65.0 cm³/mol. The molecule has 2 aromatic rings. The molecule has 0 saturated heterocycles. The molecule has 0 saturated carbocycles. The van der Waals surface area contributed by atoms with E-state index in [9.17, 15) is 4.79 Å². The third-order valence-electron chi connectivity index (χ3n) is 3.17. The molecule has 92 valence electrons. The summed E-state index contributed by atoms with van der Waals surface area (Å²) in [4.78, 5) is 15.9. The lowest BCUT2D eigenvalue weighted by molar-refractivity contribution is 0.538. The zero-order valence-corrected chi connectivity index (χ0v) is 10.3. The monoisotopic (exact) mass is 235 g/mol. The highest BCUT2D eigenvalue weighted by Gasteiger charge is 2.17. The molecular formula is C11H17N5O. The summed E-state index contributed by atoms with van der Waals surface area (Å²) in [6.07, 6.45) is 0.889. The van der Waals surface area contributed by atoms with Crippen molar-refractivity contribution < 1.29 is 0 Å². The second kappa shape index (κ2) is 4.29. The van der Waals surface area contributed by atoms with Gasteiger partial charge in [-0.2, -0.15) is 5.10 Å². The average molecular weight is 235 g/mol. The molecule has 0 fully saturated rings. The van der Waals surface area contributed by atoms with Crippen LogP contribution in [0.15, 0.2) is 10.9 Å². The summed E-state index contributed by atoms with van der Waals surface area (Å²) < 4.78 is 1.45. The molecule has 2 rings (SSSR count). The summed E-state index contributed by atoms with van der Waals surface area (Å²) in [5, 5.41) is 6.36. The van der Waals surface area contributed by atoms with E-state index in [1.807, 2.05) is 19.9 Å². The summed E-state index contributed by atoms with van der Waals surface area (Å²) in [6.45, 7) is 5.88. The molecule has 2 atom stereocenters. The van der Waals surface area contributed by atoms with Crippen molar-refractivity contribution in [2.45, 2.75) is 39.2 Å². The third kappa shape index (κ3) is 1.95. The Kier molecular flexibility index (Phi) is 2.97. The molecular weight excluding hydrogens is 218 g/mol. The molecule has 0 bridgehead atoms. The Morgan fingerprint density at radius 2 is 2.29 bits per heavy atom. The minimum atomic E-state index is -0.260. The van der Waals surface area contributed by atoms with E-state index in [2.05, 4.69) is 15.2 Å². The average Bonchev–Trinajstić information content (AvgIpc) is 2.69. The molecule has 3 N–H and O–H groups in total. The van der Waals surface area contributed by atoms with Crippen LogP contribution in [-0.4, -0.2) is 25.6 Å². The predicted octanol–water partition coefficient (Wildman–Crippen LogP) is 0.567. The molecule has 2 aromatic heterocycles. The van der Waals surface area contributed by atoms with Crippen molar-refractivity contribution in [1.29, 1.82) is 0 Å². The van der Waals surface area contributed by atoms with Gasteiger partial charge in [-0.15, -0.1) is 0 Å². The summed E-state index contributed by atoms with van der Waals surface area (Å²) in [7, 11) is 0. The van der Waals surface area contributed by atoms with Crippen molar-refractivity contribution in [3.05, 3.63) is 28.1 Å². The SMILES string of the molecule is CCC(N)C(C)c1cc2n[nH]c(=O)n2c(C)n1. The molecule has 6 heteroatoms. The smallest absolute Gasteiger partial charge is 0.327 e. The van der Waals surface area contributed by atoms with Crippen molar-refractivity contribution >= 4 is 5.65 Å². The van der Waals surface area contributed by atoms with E-state index in [1.165, 1.54) is 4.40 Å². The number of nitrogens with zero attached hydrogens (tertiary/aromatic N) is 3. The summed E-state index contributed by atoms with van der Waals surface area (Å²) in [5.74, 6) is 0.780. The van der Waals surface area contributed by atoms with Gasteiger partial charge < -0.3 is 5.73 Å². The lowest BCUT2D eigenvalue weighted by Gasteiger charge is -2.18. The molecule has 0 aromatic carbocycles. The van der Waals surface area contributed by atoms with Crippen LogP contribution < -0.4 is 11.4 Å². The van der Waals surface area contributed by atoms with E-state index >= 15 is 0 Å². The molecule has 0 spiro atoms. The van der Waals surface area contributed by atoms with Gasteiger partial charge in [0.1, 0.15) is 5.82 Å². The maximum Gasteiger partial charge on any atom is 0.349 e. The zero-order valence-electron chi connectivity index (χ0n) is 10.3. The van der Waals surface area contributed by atoms with Crippen LogP contribution in [0, 0.1) is 6.92 Å². The first-order valence-electron chi connectivity index (χ1n) is 5.74. The van der Waals surface area contributed by atoms with E-state index < -0.39 is 0 Å². The number of nitrogens with two attached hydrogens (primary N) is 1. The molecule has 2 heterocycles. The lowest BCUT2D eigenvalue weighted by atomic mass is 9.97.